The van der Waals surface area contributed by atoms with Gasteiger partial charge in [-0.05, 0) is 74.2 Å². The van der Waals surface area contributed by atoms with Gasteiger partial charge in [0.25, 0.3) is 0 Å². The summed E-state index contributed by atoms with van der Waals surface area (Å²) in [4.78, 5) is 1.40. The van der Waals surface area contributed by atoms with E-state index in [0.29, 0.717) is 32.0 Å². The van der Waals surface area contributed by atoms with Gasteiger partial charge in [-0.2, -0.15) is 0 Å². The maximum Gasteiger partial charge on any atom is 0.194 e. The predicted octanol–water partition coefficient (Wildman–Crippen LogP) is 6.71. The molecule has 3 aromatic rings. The average molecular weight is 409 g/mol. The molecule has 6 heteroatoms. The predicted molar refractivity (Wildman–Crippen MR) is 100 cm³/mol. The molecule has 3 aromatic carbocycles. The van der Waals surface area contributed by atoms with Crippen molar-refractivity contribution in [3.05, 3.63) is 87.7 Å². The highest BCUT2D eigenvalue weighted by Gasteiger charge is 2.33. The molecule has 0 fully saturated rings. The summed E-state index contributed by atoms with van der Waals surface area (Å²) in [7, 11) is -1.08. The Hall–Kier alpha value is -2.34. The van der Waals surface area contributed by atoms with Gasteiger partial charge < -0.3 is 0 Å². The van der Waals surface area contributed by atoms with Crippen LogP contribution in [0.2, 0.25) is 0 Å². The zero-order valence-electron chi connectivity index (χ0n) is 15.8. The second-order valence-corrected chi connectivity index (χ2v) is 8.78. The lowest BCUT2D eigenvalue weighted by atomic mass is 10.1. The highest BCUT2D eigenvalue weighted by atomic mass is 32.2. The van der Waals surface area contributed by atoms with Crippen LogP contribution in [0.25, 0.3) is 0 Å². The Morgan fingerprint density at radius 1 is 0.464 bits per heavy atom. The minimum atomic E-state index is -1.55. The normalized spacial score (nSPS) is 11.4. The Kier molecular flexibility index (Phi) is 5.53. The van der Waals surface area contributed by atoms with E-state index in [1.807, 2.05) is 0 Å². The Bertz CT molecular complexity index is 869. The zero-order chi connectivity index (χ0) is 20.7. The molecule has 0 aliphatic rings. The van der Waals surface area contributed by atoms with Gasteiger partial charge in [0, 0.05) is 12.1 Å². The van der Waals surface area contributed by atoms with Crippen LogP contribution in [0, 0.1) is 56.8 Å². The number of benzene rings is 3. The molecule has 0 bridgehead atoms. The summed E-state index contributed by atoms with van der Waals surface area (Å²) in [5.41, 5.74) is 1.52. The van der Waals surface area contributed by atoms with Gasteiger partial charge in [-0.15, -0.1) is 0 Å². The number of hydrogen-bond acceptors (Lipinski definition) is 0. The van der Waals surface area contributed by atoms with E-state index in [0.717, 1.165) is 12.1 Å². The first-order valence-corrected chi connectivity index (χ1v) is 9.75. The van der Waals surface area contributed by atoms with Crippen molar-refractivity contribution in [2.75, 3.05) is 0 Å². The van der Waals surface area contributed by atoms with Crippen molar-refractivity contribution in [1.82, 2.24) is 0 Å². The summed E-state index contributed by atoms with van der Waals surface area (Å²) in [6.45, 7) is 6.39. The zero-order valence-corrected chi connectivity index (χ0v) is 16.6. The lowest BCUT2D eigenvalue weighted by Gasteiger charge is -2.13. The van der Waals surface area contributed by atoms with Crippen molar-refractivity contribution in [3.8, 4) is 0 Å². The maximum absolute atomic E-state index is 14.1. The van der Waals surface area contributed by atoms with E-state index < -0.39 is 28.3 Å². The maximum atomic E-state index is 14.1. The van der Waals surface area contributed by atoms with Gasteiger partial charge in [0.05, 0.1) is 10.9 Å². The fraction of sp³-hybridized carbons (Fsp3) is 0.182. The van der Waals surface area contributed by atoms with Gasteiger partial charge >= 0.3 is 0 Å². The van der Waals surface area contributed by atoms with E-state index in [1.165, 1.54) is 0 Å². The monoisotopic (exact) mass is 409 g/mol. The van der Waals surface area contributed by atoms with Crippen LogP contribution >= 0.6 is 0 Å². The third kappa shape index (κ3) is 3.65. The van der Waals surface area contributed by atoms with E-state index in [4.69, 9.17) is 0 Å². The first-order chi connectivity index (χ1) is 13.1. The molecule has 0 saturated heterocycles. The largest absolute Gasteiger partial charge is 0.206 e. The van der Waals surface area contributed by atoms with Gasteiger partial charge in [0.2, 0.25) is 0 Å². The smallest absolute Gasteiger partial charge is 0.194 e. The molecule has 0 spiro atoms. The summed E-state index contributed by atoms with van der Waals surface area (Å²) in [5, 5.41) is 0. The molecule has 0 aliphatic carbocycles. The highest BCUT2D eigenvalue weighted by Crippen LogP contribution is 2.35. The molecular weight excluding hydrogens is 391 g/mol. The van der Waals surface area contributed by atoms with Crippen molar-refractivity contribution >= 4 is 10.9 Å². The van der Waals surface area contributed by atoms with E-state index in [-0.39, 0.29) is 16.5 Å². The SMILES string of the molecule is Cc1cc([S+](c2cc(C)c(F)c(C)c2)c2cc(F)c(F)c(F)c2)cc(C)c1F. The average Bonchev–Trinajstić information content (AvgIpc) is 2.62. The number of rotatable bonds is 3. The van der Waals surface area contributed by atoms with E-state index >= 15 is 0 Å². The van der Waals surface area contributed by atoms with E-state index in [1.54, 1.807) is 52.0 Å². The summed E-state index contributed by atoms with van der Waals surface area (Å²) >= 11 is 0. The van der Waals surface area contributed by atoms with Crippen LogP contribution in [0.15, 0.2) is 51.1 Å². The Balaban J connectivity index is 2.32. The lowest BCUT2D eigenvalue weighted by molar-refractivity contribution is 0.443. The quantitative estimate of drug-likeness (QED) is 0.256. The van der Waals surface area contributed by atoms with Crippen LogP contribution < -0.4 is 0 Å². The summed E-state index contributed by atoms with van der Waals surface area (Å²) in [6, 6.07) is 8.25. The van der Waals surface area contributed by atoms with Crippen molar-refractivity contribution in [1.29, 1.82) is 0 Å². The topological polar surface area (TPSA) is 0 Å². The lowest BCUT2D eigenvalue weighted by Crippen LogP contribution is -2.10. The fourth-order valence-electron chi connectivity index (χ4n) is 3.11. The van der Waals surface area contributed by atoms with Crippen LogP contribution in [-0.2, 0) is 10.9 Å². The molecule has 0 atom stereocenters. The molecule has 3 rings (SSSR count). The molecule has 0 aromatic heterocycles. The van der Waals surface area contributed by atoms with E-state index in [2.05, 4.69) is 0 Å². The van der Waals surface area contributed by atoms with Crippen LogP contribution in [0.3, 0.4) is 0 Å². The van der Waals surface area contributed by atoms with Crippen LogP contribution in [0.5, 0.6) is 0 Å². The summed E-state index contributed by atoms with van der Waals surface area (Å²) < 4.78 is 69.6. The Labute approximate surface area is 163 Å². The van der Waals surface area contributed by atoms with Gasteiger partial charge in [-0.1, -0.05) is 0 Å². The standard InChI is InChI=1S/C22H18F5S/c1-11-5-15(6-12(2)20(11)25)28(16-7-13(3)21(26)14(4)8-16)17-9-18(23)22(27)19(24)10-17/h5-10H,1-4H3/q+1. The van der Waals surface area contributed by atoms with Crippen LogP contribution in [-0.4, -0.2) is 0 Å². The molecular formula is C22H18F5S+. The van der Waals surface area contributed by atoms with Crippen molar-refractivity contribution in [2.24, 2.45) is 0 Å². The second-order valence-electron chi connectivity index (χ2n) is 6.75. The molecule has 0 nitrogen and oxygen atoms in total. The molecule has 0 unspecified atom stereocenters. The molecule has 146 valence electrons. The second kappa shape index (κ2) is 7.59. The highest BCUT2D eigenvalue weighted by molar-refractivity contribution is 7.97. The van der Waals surface area contributed by atoms with Gasteiger partial charge in [0.1, 0.15) is 11.6 Å². The minimum Gasteiger partial charge on any atom is -0.206 e. The molecule has 0 saturated carbocycles. The number of aryl methyl sites for hydroxylation is 4. The van der Waals surface area contributed by atoms with Crippen molar-refractivity contribution < 1.29 is 22.0 Å². The third-order valence-electron chi connectivity index (χ3n) is 4.48. The van der Waals surface area contributed by atoms with Crippen LogP contribution in [0.1, 0.15) is 22.3 Å². The molecule has 0 heterocycles. The fourth-order valence-corrected chi connectivity index (χ4v) is 5.54. The Morgan fingerprint density at radius 3 is 1.07 bits per heavy atom. The molecule has 0 aliphatic heterocycles. The van der Waals surface area contributed by atoms with Crippen LogP contribution in [0.4, 0.5) is 22.0 Å². The summed E-state index contributed by atoms with van der Waals surface area (Å²) in [5.74, 6) is -4.90. The van der Waals surface area contributed by atoms with Gasteiger partial charge in [-0.25, -0.2) is 22.0 Å². The van der Waals surface area contributed by atoms with E-state index in [9.17, 15) is 22.0 Å². The minimum absolute atomic E-state index is 0.187. The first-order valence-electron chi connectivity index (χ1n) is 8.52. The van der Waals surface area contributed by atoms with Crippen molar-refractivity contribution in [3.63, 3.8) is 0 Å². The van der Waals surface area contributed by atoms with Crippen molar-refractivity contribution in [2.45, 2.75) is 42.4 Å². The molecule has 0 radical (unpaired) electrons. The first kappa shape index (κ1) is 20.4. The molecule has 28 heavy (non-hydrogen) atoms. The third-order valence-corrected chi connectivity index (χ3v) is 6.61. The number of hydrogen-bond donors (Lipinski definition) is 0. The van der Waals surface area contributed by atoms with Gasteiger partial charge in [0.15, 0.2) is 32.1 Å². The molecule has 0 N–H and O–H groups in total. The van der Waals surface area contributed by atoms with Gasteiger partial charge in [-0.3, -0.25) is 0 Å². The Morgan fingerprint density at radius 2 is 0.750 bits per heavy atom. The number of halogens is 5. The molecule has 0 amide bonds. The summed E-state index contributed by atoms with van der Waals surface area (Å²) in [6.07, 6.45) is 0.